The van der Waals surface area contributed by atoms with Crippen LogP contribution in [0, 0.1) is 40.4 Å². The van der Waals surface area contributed by atoms with E-state index < -0.39 is 0 Å². The first kappa shape index (κ1) is 27.6. The number of hydrogen-bond donors (Lipinski definition) is 0. The van der Waals surface area contributed by atoms with Gasteiger partial charge in [0.05, 0.1) is 0 Å². The maximum absolute atomic E-state index is 11.6. The Labute approximate surface area is 242 Å². The molecule has 0 bridgehead atoms. The van der Waals surface area contributed by atoms with Crippen molar-refractivity contribution in [1.82, 2.24) is 0 Å². The van der Waals surface area contributed by atoms with Gasteiger partial charge >= 0.3 is 5.97 Å². The van der Waals surface area contributed by atoms with Gasteiger partial charge in [0.2, 0.25) is 0 Å². The van der Waals surface area contributed by atoms with E-state index in [0.717, 1.165) is 42.9 Å². The number of esters is 1. The van der Waals surface area contributed by atoms with Crippen molar-refractivity contribution < 1.29 is 9.53 Å². The normalized spacial score (nSPS) is 35.4. The van der Waals surface area contributed by atoms with E-state index in [0.29, 0.717) is 16.7 Å². The zero-order valence-corrected chi connectivity index (χ0v) is 25.1. The van der Waals surface area contributed by atoms with Gasteiger partial charge in [0.1, 0.15) is 6.10 Å². The summed E-state index contributed by atoms with van der Waals surface area (Å²) in [6.07, 6.45) is 16.3. The zero-order chi connectivity index (χ0) is 27.9. The maximum Gasteiger partial charge on any atom is 0.302 e. The summed E-state index contributed by atoms with van der Waals surface area (Å²) in [5.74, 6) is 3.79. The number of carbonyl (C=O) groups is 1. The molecule has 2 nitrogen and oxygen atoms in total. The van der Waals surface area contributed by atoms with Crippen LogP contribution in [0.1, 0.15) is 96.6 Å². The molecule has 0 unspecified atom stereocenters. The second-order valence-electron chi connectivity index (χ2n) is 14.0. The van der Waals surface area contributed by atoms with Crippen LogP contribution in [-0.2, 0) is 9.53 Å². The Morgan fingerprint density at radius 3 is 2.25 bits per heavy atom. The van der Waals surface area contributed by atoms with Gasteiger partial charge in [-0.05, 0) is 108 Å². The van der Waals surface area contributed by atoms with Crippen LogP contribution in [0.5, 0.6) is 0 Å². The van der Waals surface area contributed by atoms with Gasteiger partial charge in [0.15, 0.2) is 0 Å². The van der Waals surface area contributed by atoms with Gasteiger partial charge in [0, 0.05) is 13.3 Å². The molecule has 0 saturated heterocycles. The van der Waals surface area contributed by atoms with E-state index in [1.54, 1.807) is 12.5 Å². The van der Waals surface area contributed by atoms with E-state index in [9.17, 15) is 4.79 Å². The molecule has 40 heavy (non-hydrogen) atoms. The van der Waals surface area contributed by atoms with Crippen molar-refractivity contribution in [2.45, 2.75) is 91.6 Å². The van der Waals surface area contributed by atoms with E-state index >= 15 is 0 Å². The zero-order valence-electron chi connectivity index (χ0n) is 25.1. The van der Waals surface area contributed by atoms with Crippen LogP contribution in [0.2, 0.25) is 0 Å². The maximum atomic E-state index is 11.6. The number of fused-ring (bicyclic) bond motifs is 5. The molecule has 0 heterocycles. The monoisotopic (exact) mass is 536 g/mol. The molecule has 212 valence electrons. The number of rotatable bonds is 6. The van der Waals surface area contributed by atoms with Gasteiger partial charge in [0.25, 0.3) is 0 Å². The van der Waals surface area contributed by atoms with Crippen LogP contribution in [-0.4, -0.2) is 12.1 Å². The highest BCUT2D eigenvalue weighted by Gasteiger charge is 2.59. The van der Waals surface area contributed by atoms with E-state index in [1.807, 2.05) is 0 Å². The summed E-state index contributed by atoms with van der Waals surface area (Å²) in [5, 5.41) is 0. The Morgan fingerprint density at radius 2 is 1.60 bits per heavy atom. The van der Waals surface area contributed by atoms with Crippen LogP contribution < -0.4 is 0 Å². The van der Waals surface area contributed by atoms with Gasteiger partial charge in [-0.1, -0.05) is 99.2 Å². The number of benzene rings is 2. The average Bonchev–Trinajstić information content (AvgIpc) is 3.31. The molecule has 2 aromatic carbocycles. The van der Waals surface area contributed by atoms with Gasteiger partial charge < -0.3 is 4.74 Å². The largest absolute Gasteiger partial charge is 0.462 e. The quantitative estimate of drug-likeness (QED) is 0.271. The molecule has 0 aromatic heterocycles. The van der Waals surface area contributed by atoms with E-state index in [4.69, 9.17) is 4.74 Å². The summed E-state index contributed by atoms with van der Waals surface area (Å²) in [4.78, 5) is 11.6. The summed E-state index contributed by atoms with van der Waals surface area (Å²) in [6.45, 7) is 9.31. The van der Waals surface area contributed by atoms with Crippen molar-refractivity contribution in [3.8, 4) is 0 Å². The van der Waals surface area contributed by atoms with Crippen LogP contribution in [0.3, 0.4) is 0 Å². The fourth-order valence-electron chi connectivity index (χ4n) is 10.0. The Hall–Kier alpha value is -2.61. The minimum Gasteiger partial charge on any atom is -0.462 e. The Kier molecular flexibility index (Phi) is 7.57. The standard InChI is InChI=1S/C38H48O2/c1-26(15-17-32(28-11-7-5-8-12-28)29-13-9-6-10-14-29)34-19-20-35-33-18-16-30-25-31(40-27(2)39)21-23-37(30,3)36(33)22-24-38(34,35)4/h5-14,16-17,26,31,33-36H,15,18-25H2,1-4H3/t26-,31+,33-,34+,35-,36-,37-,38+/m0/s1. The van der Waals surface area contributed by atoms with Gasteiger partial charge in [-0.25, -0.2) is 0 Å². The summed E-state index contributed by atoms with van der Waals surface area (Å²) in [5.41, 5.74) is 6.35. The molecule has 4 aliphatic rings. The predicted octanol–water partition coefficient (Wildman–Crippen LogP) is 9.66. The van der Waals surface area contributed by atoms with Crippen LogP contribution >= 0.6 is 0 Å². The van der Waals surface area contributed by atoms with Gasteiger partial charge in [-0.3, -0.25) is 4.79 Å². The third-order valence-corrected chi connectivity index (χ3v) is 12.0. The molecule has 3 saturated carbocycles. The van der Waals surface area contributed by atoms with Crippen molar-refractivity contribution >= 4 is 11.5 Å². The van der Waals surface area contributed by atoms with Crippen LogP contribution in [0.4, 0.5) is 0 Å². The lowest BCUT2D eigenvalue weighted by atomic mass is 9.47. The number of hydrogen-bond acceptors (Lipinski definition) is 2. The van der Waals surface area contributed by atoms with Crippen LogP contribution in [0.25, 0.3) is 5.57 Å². The lowest BCUT2D eigenvalue weighted by molar-refractivity contribution is -0.148. The lowest BCUT2D eigenvalue weighted by Gasteiger charge is -2.58. The molecule has 8 atom stereocenters. The van der Waals surface area contributed by atoms with Gasteiger partial charge in [-0.15, -0.1) is 0 Å². The number of carbonyl (C=O) groups excluding carboxylic acids is 1. The highest BCUT2D eigenvalue weighted by Crippen LogP contribution is 2.67. The molecule has 0 amide bonds. The molecule has 2 aromatic rings. The lowest BCUT2D eigenvalue weighted by Crippen LogP contribution is -2.51. The molecule has 6 rings (SSSR count). The van der Waals surface area contributed by atoms with E-state index in [1.165, 1.54) is 55.2 Å². The summed E-state index contributed by atoms with van der Waals surface area (Å²) >= 11 is 0. The minimum absolute atomic E-state index is 0.0867. The Bertz CT molecular complexity index is 1220. The predicted molar refractivity (Wildman–Crippen MR) is 164 cm³/mol. The first-order valence-corrected chi connectivity index (χ1v) is 16.0. The smallest absolute Gasteiger partial charge is 0.302 e. The fraction of sp³-hybridized carbons (Fsp3) is 0.553. The summed E-state index contributed by atoms with van der Waals surface area (Å²) < 4.78 is 5.66. The molecule has 0 aliphatic heterocycles. The Morgan fingerprint density at radius 1 is 0.925 bits per heavy atom. The van der Waals surface area contributed by atoms with Crippen molar-refractivity contribution in [2.75, 3.05) is 0 Å². The number of allylic oxidation sites excluding steroid dienone is 2. The van der Waals surface area contributed by atoms with Crippen molar-refractivity contribution in [1.29, 1.82) is 0 Å². The third kappa shape index (κ3) is 4.90. The first-order chi connectivity index (χ1) is 19.3. The molecule has 4 aliphatic carbocycles. The number of ether oxygens (including phenoxy) is 1. The van der Waals surface area contributed by atoms with E-state index in [2.05, 4.69) is 93.6 Å². The van der Waals surface area contributed by atoms with Crippen LogP contribution in [0.15, 0.2) is 78.4 Å². The summed E-state index contributed by atoms with van der Waals surface area (Å²) in [6, 6.07) is 21.9. The minimum atomic E-state index is -0.128. The molecule has 0 spiro atoms. The van der Waals surface area contributed by atoms with Crippen molar-refractivity contribution in [2.24, 2.45) is 40.4 Å². The fourth-order valence-corrected chi connectivity index (χ4v) is 10.0. The molecule has 3 fully saturated rings. The van der Waals surface area contributed by atoms with Gasteiger partial charge in [-0.2, -0.15) is 0 Å². The molecular weight excluding hydrogens is 488 g/mol. The molecule has 0 radical (unpaired) electrons. The highest BCUT2D eigenvalue weighted by molar-refractivity contribution is 5.79. The molecule has 0 N–H and O–H groups in total. The molecule has 2 heteroatoms. The SMILES string of the molecule is CC(=O)O[C@@H]1CC[C@@]2(C)C(=CC[C@H]3[C@@H]4CC[C@H]([C@@H](C)CC=C(c5ccccc5)c5ccccc5)[C@@]4(C)CC[C@@H]32)C1. The van der Waals surface area contributed by atoms with Crippen molar-refractivity contribution in [3.05, 3.63) is 89.5 Å². The second-order valence-corrected chi connectivity index (χ2v) is 14.0. The summed E-state index contributed by atoms with van der Waals surface area (Å²) in [7, 11) is 0. The highest BCUT2D eigenvalue weighted by atomic mass is 16.5. The average molecular weight is 537 g/mol. The third-order valence-electron chi connectivity index (χ3n) is 12.0. The molecular formula is C38H48O2. The van der Waals surface area contributed by atoms with Crippen molar-refractivity contribution in [3.63, 3.8) is 0 Å². The Balaban J connectivity index is 1.20. The topological polar surface area (TPSA) is 26.3 Å². The second kappa shape index (κ2) is 11.0. The first-order valence-electron chi connectivity index (χ1n) is 16.0. The van der Waals surface area contributed by atoms with E-state index in [-0.39, 0.29) is 12.1 Å².